The van der Waals surface area contributed by atoms with E-state index in [0.717, 1.165) is 11.3 Å². The van der Waals surface area contributed by atoms with E-state index < -0.39 is 6.04 Å². The molecule has 2 amide bonds. The van der Waals surface area contributed by atoms with Crippen LogP contribution in [-0.2, 0) is 21.9 Å². The molecule has 0 radical (unpaired) electrons. The normalized spacial score (nSPS) is 11.9. The Hall–Kier alpha value is -2.34. The summed E-state index contributed by atoms with van der Waals surface area (Å²) < 4.78 is 13.3. The van der Waals surface area contributed by atoms with Gasteiger partial charge >= 0.3 is 0 Å². The van der Waals surface area contributed by atoms with Gasteiger partial charge in [-0.15, -0.1) is 0 Å². The third kappa shape index (κ3) is 8.74. The van der Waals surface area contributed by atoms with Crippen LogP contribution < -0.4 is 5.32 Å². The minimum absolute atomic E-state index is 0.0589. The van der Waals surface area contributed by atoms with Crippen molar-refractivity contribution in [1.82, 2.24) is 10.2 Å². The average Bonchev–Trinajstić information content (AvgIpc) is 2.77. The Balaban J connectivity index is 2.04. The fourth-order valence-corrected chi connectivity index (χ4v) is 4.09. The maximum Gasteiger partial charge on any atom is 0.242 e. The largest absolute Gasteiger partial charge is 0.354 e. The van der Waals surface area contributed by atoms with Crippen LogP contribution in [0.5, 0.6) is 0 Å². The van der Waals surface area contributed by atoms with Gasteiger partial charge in [0.05, 0.1) is 0 Å². The van der Waals surface area contributed by atoms with Crippen LogP contribution in [0.3, 0.4) is 0 Å². The standard InChI is InChI=1S/C25H33FN2O2S/c1-4-23(25(30)27-16-19(2)3)28(17-20-10-12-22(26)13-11-20)24(29)14-15-31-18-21-8-6-5-7-9-21/h5-13,19,23H,4,14-18H2,1-3H3,(H,27,30)/t23-/m1/s1. The quantitative estimate of drug-likeness (QED) is 0.467. The van der Waals surface area contributed by atoms with Crippen LogP contribution >= 0.6 is 11.8 Å². The first-order chi connectivity index (χ1) is 14.9. The number of nitrogens with one attached hydrogen (secondary N) is 1. The number of rotatable bonds is 12. The lowest BCUT2D eigenvalue weighted by molar-refractivity contribution is -0.141. The van der Waals surface area contributed by atoms with Crippen LogP contribution in [0.2, 0.25) is 0 Å². The second-order valence-corrected chi connectivity index (χ2v) is 9.10. The maximum absolute atomic E-state index is 13.3. The summed E-state index contributed by atoms with van der Waals surface area (Å²) in [6, 6.07) is 15.7. The molecule has 1 atom stereocenters. The zero-order valence-corrected chi connectivity index (χ0v) is 19.5. The Morgan fingerprint density at radius 1 is 1.03 bits per heavy atom. The maximum atomic E-state index is 13.3. The summed E-state index contributed by atoms with van der Waals surface area (Å²) in [5.74, 6) is 1.34. The molecule has 0 saturated heterocycles. The summed E-state index contributed by atoms with van der Waals surface area (Å²) in [6.45, 7) is 6.84. The molecule has 4 nitrogen and oxygen atoms in total. The second kappa shape index (κ2) is 13.2. The number of benzene rings is 2. The molecule has 6 heteroatoms. The Morgan fingerprint density at radius 2 is 1.71 bits per heavy atom. The molecule has 168 valence electrons. The van der Waals surface area contributed by atoms with E-state index in [0.29, 0.717) is 31.1 Å². The number of thioether (sulfide) groups is 1. The van der Waals surface area contributed by atoms with E-state index in [1.165, 1.54) is 17.7 Å². The summed E-state index contributed by atoms with van der Waals surface area (Å²) >= 11 is 1.70. The van der Waals surface area contributed by atoms with Gasteiger partial charge in [0.2, 0.25) is 11.8 Å². The molecular formula is C25H33FN2O2S. The molecule has 0 bridgehead atoms. The van der Waals surface area contributed by atoms with Crippen molar-refractivity contribution < 1.29 is 14.0 Å². The number of amides is 2. The number of hydrogen-bond donors (Lipinski definition) is 1. The minimum atomic E-state index is -0.546. The number of carbonyl (C=O) groups is 2. The van der Waals surface area contributed by atoms with Crippen molar-refractivity contribution in [1.29, 1.82) is 0 Å². The van der Waals surface area contributed by atoms with Crippen molar-refractivity contribution >= 4 is 23.6 Å². The minimum Gasteiger partial charge on any atom is -0.354 e. The van der Waals surface area contributed by atoms with Gasteiger partial charge in [0.15, 0.2) is 0 Å². The molecule has 0 spiro atoms. The Bertz CT molecular complexity index is 812. The molecule has 0 aliphatic carbocycles. The van der Waals surface area contributed by atoms with Crippen LogP contribution in [0.25, 0.3) is 0 Å². The van der Waals surface area contributed by atoms with Gasteiger partial charge in [0.1, 0.15) is 11.9 Å². The number of nitrogens with zero attached hydrogens (tertiary/aromatic N) is 1. The molecule has 0 heterocycles. The first-order valence-electron chi connectivity index (χ1n) is 10.8. The number of hydrogen-bond acceptors (Lipinski definition) is 3. The van der Waals surface area contributed by atoms with E-state index in [4.69, 9.17) is 0 Å². The van der Waals surface area contributed by atoms with Crippen LogP contribution in [0.15, 0.2) is 54.6 Å². The van der Waals surface area contributed by atoms with Crippen molar-refractivity contribution in [3.8, 4) is 0 Å². The Labute approximate surface area is 189 Å². The molecule has 31 heavy (non-hydrogen) atoms. The molecule has 0 fully saturated rings. The Morgan fingerprint density at radius 3 is 2.32 bits per heavy atom. The third-order valence-corrected chi connectivity index (χ3v) is 5.94. The second-order valence-electron chi connectivity index (χ2n) is 8.00. The molecule has 2 aromatic carbocycles. The summed E-state index contributed by atoms with van der Waals surface area (Å²) in [5, 5.41) is 2.95. The van der Waals surface area contributed by atoms with Gasteiger partial charge in [0.25, 0.3) is 0 Å². The van der Waals surface area contributed by atoms with Gasteiger partial charge in [-0.1, -0.05) is 63.2 Å². The van der Waals surface area contributed by atoms with Crippen LogP contribution in [0.4, 0.5) is 4.39 Å². The van der Waals surface area contributed by atoms with Crippen molar-refractivity contribution in [2.75, 3.05) is 12.3 Å². The fourth-order valence-electron chi connectivity index (χ4n) is 3.20. The Kier molecular flexibility index (Phi) is 10.6. The molecule has 0 aromatic heterocycles. The highest BCUT2D eigenvalue weighted by molar-refractivity contribution is 7.98. The number of halogens is 1. The molecule has 0 aliphatic heterocycles. The molecule has 0 saturated carbocycles. The smallest absolute Gasteiger partial charge is 0.242 e. The fraction of sp³-hybridized carbons (Fsp3) is 0.440. The predicted molar refractivity (Wildman–Crippen MR) is 126 cm³/mol. The first-order valence-corrected chi connectivity index (χ1v) is 12.0. The topological polar surface area (TPSA) is 49.4 Å². The summed E-state index contributed by atoms with van der Waals surface area (Å²) in [7, 11) is 0. The zero-order chi connectivity index (χ0) is 22.6. The van der Waals surface area contributed by atoms with E-state index in [2.05, 4.69) is 17.4 Å². The number of carbonyl (C=O) groups excluding carboxylic acids is 2. The van der Waals surface area contributed by atoms with Gasteiger partial charge in [0, 0.05) is 31.0 Å². The molecule has 0 unspecified atom stereocenters. The average molecular weight is 445 g/mol. The van der Waals surface area contributed by atoms with Gasteiger partial charge in [-0.3, -0.25) is 9.59 Å². The lowest BCUT2D eigenvalue weighted by Crippen LogP contribution is -2.49. The predicted octanol–water partition coefficient (Wildman–Crippen LogP) is 5.03. The molecule has 2 aromatic rings. The molecular weight excluding hydrogens is 411 g/mol. The van der Waals surface area contributed by atoms with Crippen molar-refractivity contribution in [3.05, 3.63) is 71.5 Å². The van der Waals surface area contributed by atoms with Crippen molar-refractivity contribution in [2.24, 2.45) is 5.92 Å². The van der Waals surface area contributed by atoms with Crippen molar-refractivity contribution in [2.45, 2.75) is 52.0 Å². The van der Waals surface area contributed by atoms with E-state index in [9.17, 15) is 14.0 Å². The van der Waals surface area contributed by atoms with Gasteiger partial charge in [-0.25, -0.2) is 4.39 Å². The van der Waals surface area contributed by atoms with E-state index in [1.54, 1.807) is 28.8 Å². The highest BCUT2D eigenvalue weighted by Crippen LogP contribution is 2.17. The molecule has 2 rings (SSSR count). The van der Waals surface area contributed by atoms with Gasteiger partial charge in [-0.2, -0.15) is 11.8 Å². The van der Waals surface area contributed by atoms with Crippen LogP contribution in [0.1, 0.15) is 44.7 Å². The monoisotopic (exact) mass is 444 g/mol. The van der Waals surface area contributed by atoms with E-state index in [1.807, 2.05) is 39.0 Å². The highest BCUT2D eigenvalue weighted by Gasteiger charge is 2.28. The van der Waals surface area contributed by atoms with Gasteiger partial charge in [-0.05, 0) is 35.6 Å². The first kappa shape index (κ1) is 24.9. The summed E-state index contributed by atoms with van der Waals surface area (Å²) in [4.78, 5) is 27.6. The third-order valence-electron chi connectivity index (χ3n) is 4.91. The SMILES string of the molecule is CC[C@H](C(=O)NCC(C)C)N(Cc1ccc(F)cc1)C(=O)CCSCc1ccccc1. The summed E-state index contributed by atoms with van der Waals surface area (Å²) in [6.07, 6.45) is 0.876. The zero-order valence-electron chi connectivity index (χ0n) is 18.6. The van der Waals surface area contributed by atoms with E-state index in [-0.39, 0.29) is 24.2 Å². The molecule has 0 aliphatic rings. The van der Waals surface area contributed by atoms with E-state index >= 15 is 0 Å². The van der Waals surface area contributed by atoms with Crippen LogP contribution in [-0.4, -0.2) is 35.1 Å². The molecule has 1 N–H and O–H groups in total. The highest BCUT2D eigenvalue weighted by atomic mass is 32.2. The van der Waals surface area contributed by atoms with Crippen LogP contribution in [0, 0.1) is 11.7 Å². The van der Waals surface area contributed by atoms with Crippen molar-refractivity contribution in [3.63, 3.8) is 0 Å². The lowest BCUT2D eigenvalue weighted by atomic mass is 10.1. The van der Waals surface area contributed by atoms with Gasteiger partial charge < -0.3 is 10.2 Å². The summed E-state index contributed by atoms with van der Waals surface area (Å²) in [5.41, 5.74) is 2.03. The lowest BCUT2D eigenvalue weighted by Gasteiger charge is -2.31.